The monoisotopic (exact) mass is 258 g/mol. The van der Waals surface area contributed by atoms with E-state index in [0.29, 0.717) is 23.7 Å². The maximum Gasteiger partial charge on any atom is 0.234 e. The molecular weight excluding hydrogens is 240 g/mol. The predicted molar refractivity (Wildman–Crippen MR) is 69.9 cm³/mol. The minimum absolute atomic E-state index is 0.0623. The molecular formula is C11H18N2O3S. The van der Waals surface area contributed by atoms with E-state index in [2.05, 4.69) is 0 Å². The molecule has 0 fully saturated rings. The van der Waals surface area contributed by atoms with Crippen LogP contribution in [-0.2, 0) is 10.0 Å². The number of methoxy groups -OCH3 is 1. The lowest BCUT2D eigenvalue weighted by atomic mass is 10.2. The number of rotatable bonds is 5. The van der Waals surface area contributed by atoms with Crippen molar-refractivity contribution in [2.24, 2.45) is 0 Å². The van der Waals surface area contributed by atoms with E-state index in [0.717, 1.165) is 0 Å². The van der Waals surface area contributed by atoms with Crippen LogP contribution in [0.5, 0.6) is 5.75 Å². The molecule has 0 unspecified atom stereocenters. The molecule has 1 rings (SSSR count). The van der Waals surface area contributed by atoms with Crippen molar-refractivity contribution in [1.29, 1.82) is 0 Å². The third-order valence-corrected chi connectivity index (χ3v) is 4.36. The molecule has 0 spiro atoms. The van der Waals surface area contributed by atoms with Crippen molar-refractivity contribution in [2.75, 3.05) is 29.4 Å². The van der Waals surface area contributed by atoms with E-state index in [-0.39, 0.29) is 5.75 Å². The van der Waals surface area contributed by atoms with Gasteiger partial charge in [0.05, 0.1) is 24.2 Å². The van der Waals surface area contributed by atoms with Crippen LogP contribution in [0.2, 0.25) is 0 Å². The number of nitrogens with two attached hydrogens (primary N) is 1. The van der Waals surface area contributed by atoms with Crippen molar-refractivity contribution in [3.63, 3.8) is 0 Å². The van der Waals surface area contributed by atoms with Crippen molar-refractivity contribution in [3.8, 4) is 5.75 Å². The summed E-state index contributed by atoms with van der Waals surface area (Å²) in [5.41, 5.74) is 6.75. The maximum absolute atomic E-state index is 11.9. The van der Waals surface area contributed by atoms with Gasteiger partial charge >= 0.3 is 0 Å². The molecule has 0 saturated heterocycles. The molecule has 96 valence electrons. The molecule has 1 aromatic carbocycles. The van der Waals surface area contributed by atoms with Crippen molar-refractivity contribution < 1.29 is 13.2 Å². The molecule has 1 aromatic rings. The third kappa shape index (κ3) is 2.82. The SMILES string of the molecule is CCN(c1ccc(OC)c(N)c1)S(=O)(=O)CC. The zero-order valence-electron chi connectivity index (χ0n) is 10.3. The average Bonchev–Trinajstić information content (AvgIpc) is 2.30. The molecule has 0 heterocycles. The number of sulfonamides is 1. The highest BCUT2D eigenvalue weighted by Gasteiger charge is 2.19. The molecule has 0 bridgehead atoms. The molecule has 0 amide bonds. The summed E-state index contributed by atoms with van der Waals surface area (Å²) in [5.74, 6) is 0.603. The van der Waals surface area contributed by atoms with Crippen LogP contribution in [0.4, 0.5) is 11.4 Å². The number of nitrogen functional groups attached to an aromatic ring is 1. The van der Waals surface area contributed by atoms with E-state index in [1.54, 1.807) is 32.0 Å². The fourth-order valence-electron chi connectivity index (χ4n) is 1.57. The summed E-state index contributed by atoms with van der Waals surface area (Å²) in [5, 5.41) is 0. The molecule has 5 nitrogen and oxygen atoms in total. The summed E-state index contributed by atoms with van der Waals surface area (Å²) in [6.07, 6.45) is 0. The summed E-state index contributed by atoms with van der Waals surface area (Å²) in [6.45, 7) is 3.78. The molecule has 6 heteroatoms. The van der Waals surface area contributed by atoms with Crippen LogP contribution in [0.1, 0.15) is 13.8 Å². The van der Waals surface area contributed by atoms with Gasteiger partial charge in [0.1, 0.15) is 5.75 Å². The van der Waals surface area contributed by atoms with E-state index >= 15 is 0 Å². The molecule has 0 aromatic heterocycles. The van der Waals surface area contributed by atoms with Gasteiger partial charge in [-0.25, -0.2) is 8.42 Å². The number of ether oxygens (including phenoxy) is 1. The lowest BCUT2D eigenvalue weighted by molar-refractivity contribution is 0.417. The lowest BCUT2D eigenvalue weighted by Gasteiger charge is -2.22. The smallest absolute Gasteiger partial charge is 0.234 e. The Morgan fingerprint density at radius 1 is 1.35 bits per heavy atom. The highest BCUT2D eigenvalue weighted by atomic mass is 32.2. The molecule has 0 aliphatic heterocycles. The minimum Gasteiger partial charge on any atom is -0.495 e. The molecule has 0 radical (unpaired) electrons. The van der Waals surface area contributed by atoms with Crippen LogP contribution in [0, 0.1) is 0 Å². The second-order valence-electron chi connectivity index (χ2n) is 3.49. The van der Waals surface area contributed by atoms with Gasteiger partial charge in [0, 0.05) is 6.54 Å². The molecule has 0 saturated carbocycles. The van der Waals surface area contributed by atoms with Gasteiger partial charge in [0.15, 0.2) is 0 Å². The average molecular weight is 258 g/mol. The van der Waals surface area contributed by atoms with Gasteiger partial charge < -0.3 is 10.5 Å². The summed E-state index contributed by atoms with van der Waals surface area (Å²) in [6, 6.07) is 4.96. The van der Waals surface area contributed by atoms with Crippen molar-refractivity contribution in [1.82, 2.24) is 0 Å². The quantitative estimate of drug-likeness (QED) is 0.811. The summed E-state index contributed by atoms with van der Waals surface area (Å²) in [4.78, 5) is 0. The third-order valence-electron chi connectivity index (χ3n) is 2.49. The molecule has 17 heavy (non-hydrogen) atoms. The number of anilines is 2. The van der Waals surface area contributed by atoms with Crippen LogP contribution in [0.3, 0.4) is 0 Å². The van der Waals surface area contributed by atoms with Crippen molar-refractivity contribution in [2.45, 2.75) is 13.8 Å². The Hall–Kier alpha value is -1.43. The van der Waals surface area contributed by atoms with Crippen molar-refractivity contribution >= 4 is 21.4 Å². The Morgan fingerprint density at radius 2 is 2.00 bits per heavy atom. The highest BCUT2D eigenvalue weighted by molar-refractivity contribution is 7.92. The first-order chi connectivity index (χ1) is 7.96. The predicted octanol–water partition coefficient (Wildman–Crippen LogP) is 1.45. The molecule has 2 N–H and O–H groups in total. The lowest BCUT2D eigenvalue weighted by Crippen LogP contribution is -2.32. The molecule has 0 atom stereocenters. The first kappa shape index (κ1) is 13.6. The largest absolute Gasteiger partial charge is 0.495 e. The van der Waals surface area contributed by atoms with Crippen LogP contribution in [0.25, 0.3) is 0 Å². The van der Waals surface area contributed by atoms with Gasteiger partial charge in [-0.1, -0.05) is 0 Å². The second kappa shape index (κ2) is 5.27. The Labute approximate surface area is 102 Å². The normalized spacial score (nSPS) is 11.2. The highest BCUT2D eigenvalue weighted by Crippen LogP contribution is 2.28. The minimum atomic E-state index is -3.26. The first-order valence-electron chi connectivity index (χ1n) is 5.40. The Kier molecular flexibility index (Phi) is 4.22. The van der Waals surface area contributed by atoms with Crippen molar-refractivity contribution in [3.05, 3.63) is 18.2 Å². The van der Waals surface area contributed by atoms with Gasteiger partial charge in [0.2, 0.25) is 10.0 Å². The fraction of sp³-hybridized carbons (Fsp3) is 0.455. The summed E-state index contributed by atoms with van der Waals surface area (Å²) in [7, 11) is -1.74. The second-order valence-corrected chi connectivity index (χ2v) is 5.67. The Morgan fingerprint density at radius 3 is 2.41 bits per heavy atom. The molecule has 0 aliphatic rings. The first-order valence-corrected chi connectivity index (χ1v) is 7.01. The van der Waals surface area contributed by atoms with E-state index < -0.39 is 10.0 Å². The zero-order chi connectivity index (χ0) is 13.1. The molecule has 0 aliphatic carbocycles. The fourth-order valence-corrected chi connectivity index (χ4v) is 2.71. The summed E-state index contributed by atoms with van der Waals surface area (Å²) >= 11 is 0. The maximum atomic E-state index is 11.9. The summed E-state index contributed by atoms with van der Waals surface area (Å²) < 4.78 is 30.1. The number of hydrogen-bond acceptors (Lipinski definition) is 4. The van der Waals surface area contributed by atoms with Gasteiger partial charge in [-0.05, 0) is 32.0 Å². The van der Waals surface area contributed by atoms with Crippen LogP contribution < -0.4 is 14.8 Å². The number of hydrogen-bond donors (Lipinski definition) is 1. The van der Waals surface area contributed by atoms with E-state index in [4.69, 9.17) is 10.5 Å². The van der Waals surface area contributed by atoms with Gasteiger partial charge in [-0.15, -0.1) is 0 Å². The van der Waals surface area contributed by atoms with E-state index in [9.17, 15) is 8.42 Å². The number of benzene rings is 1. The Balaban J connectivity index is 3.19. The number of nitrogens with zero attached hydrogens (tertiary/aromatic N) is 1. The standard InChI is InChI=1S/C11H18N2O3S/c1-4-13(17(14,15)5-2)9-6-7-11(16-3)10(12)8-9/h6-8H,4-5,12H2,1-3H3. The Bertz CT molecular complexity index is 485. The topological polar surface area (TPSA) is 72.6 Å². The van der Waals surface area contributed by atoms with E-state index in [1.807, 2.05) is 0 Å². The van der Waals surface area contributed by atoms with Gasteiger partial charge in [0.25, 0.3) is 0 Å². The zero-order valence-corrected chi connectivity index (χ0v) is 11.1. The van der Waals surface area contributed by atoms with Gasteiger partial charge in [-0.2, -0.15) is 0 Å². The van der Waals surface area contributed by atoms with Crippen LogP contribution >= 0.6 is 0 Å². The van der Waals surface area contributed by atoms with Gasteiger partial charge in [-0.3, -0.25) is 4.31 Å². The van der Waals surface area contributed by atoms with Crippen LogP contribution in [0.15, 0.2) is 18.2 Å². The van der Waals surface area contributed by atoms with Crippen LogP contribution in [-0.4, -0.2) is 27.8 Å². The van der Waals surface area contributed by atoms with E-state index in [1.165, 1.54) is 11.4 Å².